The summed E-state index contributed by atoms with van der Waals surface area (Å²) in [4.78, 5) is 1.65. The second-order valence-electron chi connectivity index (χ2n) is 6.65. The quantitative estimate of drug-likeness (QED) is 0.833. The van der Waals surface area contributed by atoms with Crippen molar-refractivity contribution in [3.8, 4) is 5.75 Å². The summed E-state index contributed by atoms with van der Waals surface area (Å²) >= 11 is 0. The van der Waals surface area contributed by atoms with E-state index in [4.69, 9.17) is 9.47 Å². The Morgan fingerprint density at radius 3 is 2.71 bits per heavy atom. The lowest BCUT2D eigenvalue weighted by molar-refractivity contribution is -0.915. The second-order valence-corrected chi connectivity index (χ2v) is 6.65. The zero-order valence-corrected chi connectivity index (χ0v) is 13.4. The van der Waals surface area contributed by atoms with Crippen molar-refractivity contribution in [3.63, 3.8) is 0 Å². The van der Waals surface area contributed by atoms with Gasteiger partial charge in [-0.2, -0.15) is 0 Å². The number of morpholine rings is 1. The van der Waals surface area contributed by atoms with Gasteiger partial charge in [0.05, 0.1) is 13.2 Å². The van der Waals surface area contributed by atoms with Crippen LogP contribution in [0.25, 0.3) is 0 Å². The maximum absolute atomic E-state index is 5.93. The molecule has 0 bridgehead atoms. The number of ether oxygens (including phenoxy) is 2. The van der Waals surface area contributed by atoms with Crippen molar-refractivity contribution in [1.29, 1.82) is 0 Å². The van der Waals surface area contributed by atoms with E-state index in [-0.39, 0.29) is 0 Å². The maximum atomic E-state index is 5.93. The van der Waals surface area contributed by atoms with Gasteiger partial charge < -0.3 is 14.4 Å². The number of nitrogens with one attached hydrogen (secondary N) is 1. The molecule has 2 aliphatic rings. The molecule has 1 N–H and O–H groups in total. The molecule has 3 heteroatoms. The van der Waals surface area contributed by atoms with Gasteiger partial charge in [0.1, 0.15) is 31.0 Å². The summed E-state index contributed by atoms with van der Waals surface area (Å²) in [5.74, 6) is 1.05. The number of fused-ring (bicyclic) bond motifs is 1. The number of quaternary nitrogens is 1. The summed E-state index contributed by atoms with van der Waals surface area (Å²) in [6.45, 7) is 8.62. The van der Waals surface area contributed by atoms with E-state index < -0.39 is 0 Å². The Kier molecular flexibility index (Phi) is 4.81. The molecule has 0 aromatic heterocycles. The molecule has 1 saturated heterocycles. The molecule has 1 aromatic carbocycles. The van der Waals surface area contributed by atoms with E-state index in [2.05, 4.69) is 32.0 Å². The molecule has 116 valence electrons. The molecule has 3 rings (SSSR count). The fraction of sp³-hybridized carbons (Fsp3) is 0.667. The highest BCUT2D eigenvalue weighted by Gasteiger charge is 2.24. The van der Waals surface area contributed by atoms with Crippen molar-refractivity contribution in [2.24, 2.45) is 0 Å². The molecule has 1 heterocycles. The van der Waals surface area contributed by atoms with Crippen molar-refractivity contribution in [2.45, 2.75) is 51.7 Å². The Labute approximate surface area is 128 Å². The van der Waals surface area contributed by atoms with E-state index in [0.717, 1.165) is 31.9 Å². The standard InChI is InChI=1S/C18H27NO2/c1-14-12-19(13-15(2)21-14)9-4-10-20-18-8-7-16-5-3-6-17(16)11-18/h7-8,11,14-15H,3-6,9-10,12-13H2,1-2H3/p+1/t14-,15-/m0/s1. The molecule has 3 nitrogen and oxygen atoms in total. The van der Waals surface area contributed by atoms with Gasteiger partial charge in [-0.15, -0.1) is 0 Å². The normalized spacial score (nSPS) is 28.4. The molecular formula is C18H28NO2+. The van der Waals surface area contributed by atoms with Crippen molar-refractivity contribution in [1.82, 2.24) is 0 Å². The lowest BCUT2D eigenvalue weighted by atomic mass is 10.1. The van der Waals surface area contributed by atoms with Crippen LogP contribution in [0.2, 0.25) is 0 Å². The number of hydrogen-bond acceptors (Lipinski definition) is 2. The first-order valence-electron chi connectivity index (χ1n) is 8.44. The molecule has 1 fully saturated rings. The first-order valence-corrected chi connectivity index (χ1v) is 8.44. The number of rotatable bonds is 5. The molecule has 1 aliphatic heterocycles. The fourth-order valence-electron chi connectivity index (χ4n) is 3.74. The van der Waals surface area contributed by atoms with E-state index in [1.165, 1.54) is 36.9 Å². The van der Waals surface area contributed by atoms with Gasteiger partial charge in [-0.25, -0.2) is 0 Å². The molecular weight excluding hydrogens is 262 g/mol. The third kappa shape index (κ3) is 3.98. The summed E-state index contributed by atoms with van der Waals surface area (Å²) in [5, 5.41) is 0. The van der Waals surface area contributed by atoms with Crippen molar-refractivity contribution in [3.05, 3.63) is 29.3 Å². The molecule has 1 aliphatic carbocycles. The van der Waals surface area contributed by atoms with Crippen molar-refractivity contribution >= 4 is 0 Å². The lowest BCUT2D eigenvalue weighted by Gasteiger charge is -2.32. The van der Waals surface area contributed by atoms with E-state index in [1.54, 1.807) is 4.90 Å². The van der Waals surface area contributed by atoms with Crippen LogP contribution in [0.15, 0.2) is 18.2 Å². The highest BCUT2D eigenvalue weighted by Crippen LogP contribution is 2.25. The van der Waals surface area contributed by atoms with E-state index >= 15 is 0 Å². The Hall–Kier alpha value is -1.06. The van der Waals surface area contributed by atoms with Crippen LogP contribution in [0.3, 0.4) is 0 Å². The predicted molar refractivity (Wildman–Crippen MR) is 84.2 cm³/mol. The van der Waals surface area contributed by atoms with Crippen LogP contribution < -0.4 is 9.64 Å². The van der Waals surface area contributed by atoms with Gasteiger partial charge in [-0.3, -0.25) is 0 Å². The van der Waals surface area contributed by atoms with Gasteiger partial charge in [0.2, 0.25) is 0 Å². The second kappa shape index (κ2) is 6.80. The SMILES string of the molecule is C[C@H]1C[NH+](CCCOc2ccc3c(c2)CCC3)C[C@H](C)O1. The van der Waals surface area contributed by atoms with Crippen LogP contribution in [0, 0.1) is 0 Å². The maximum Gasteiger partial charge on any atom is 0.119 e. The summed E-state index contributed by atoms with van der Waals surface area (Å²) in [5.41, 5.74) is 3.01. The average molecular weight is 290 g/mol. The summed E-state index contributed by atoms with van der Waals surface area (Å²) in [6, 6.07) is 6.62. The van der Waals surface area contributed by atoms with Crippen LogP contribution in [0.4, 0.5) is 0 Å². The van der Waals surface area contributed by atoms with E-state index in [1.807, 2.05) is 0 Å². The third-order valence-corrected chi connectivity index (χ3v) is 4.63. The van der Waals surface area contributed by atoms with Gasteiger partial charge in [0.25, 0.3) is 0 Å². The smallest absolute Gasteiger partial charge is 0.119 e. The van der Waals surface area contributed by atoms with Crippen LogP contribution in [0.5, 0.6) is 5.75 Å². The van der Waals surface area contributed by atoms with Crippen LogP contribution in [-0.2, 0) is 17.6 Å². The first-order chi connectivity index (χ1) is 10.2. The minimum Gasteiger partial charge on any atom is -0.493 e. The minimum atomic E-state index is 0.390. The van der Waals surface area contributed by atoms with Gasteiger partial charge in [-0.1, -0.05) is 6.07 Å². The summed E-state index contributed by atoms with van der Waals surface area (Å²) < 4.78 is 11.7. The Morgan fingerprint density at radius 2 is 1.90 bits per heavy atom. The summed E-state index contributed by atoms with van der Waals surface area (Å²) in [7, 11) is 0. The average Bonchev–Trinajstić information content (AvgIpc) is 2.90. The molecule has 0 amide bonds. The molecule has 0 unspecified atom stereocenters. The molecule has 2 atom stereocenters. The molecule has 0 radical (unpaired) electrons. The molecule has 21 heavy (non-hydrogen) atoms. The molecule has 0 saturated carbocycles. The Bertz CT molecular complexity index is 464. The van der Waals surface area contributed by atoms with E-state index in [0.29, 0.717) is 12.2 Å². The number of benzene rings is 1. The Morgan fingerprint density at radius 1 is 1.14 bits per heavy atom. The van der Waals surface area contributed by atoms with Gasteiger partial charge in [0, 0.05) is 6.42 Å². The first kappa shape index (κ1) is 14.9. The van der Waals surface area contributed by atoms with E-state index in [9.17, 15) is 0 Å². The predicted octanol–water partition coefficient (Wildman–Crippen LogP) is 1.64. The monoisotopic (exact) mass is 290 g/mol. The topological polar surface area (TPSA) is 22.9 Å². The highest BCUT2D eigenvalue weighted by atomic mass is 16.5. The number of aryl methyl sites for hydroxylation is 2. The third-order valence-electron chi connectivity index (χ3n) is 4.63. The Balaban J connectivity index is 1.40. The van der Waals surface area contributed by atoms with Crippen LogP contribution in [-0.4, -0.2) is 38.4 Å². The largest absolute Gasteiger partial charge is 0.493 e. The zero-order chi connectivity index (χ0) is 14.7. The summed E-state index contributed by atoms with van der Waals surface area (Å²) in [6.07, 6.45) is 5.66. The van der Waals surface area contributed by atoms with Crippen LogP contribution >= 0.6 is 0 Å². The van der Waals surface area contributed by atoms with Gasteiger partial charge in [-0.05, 0) is 56.4 Å². The lowest BCUT2D eigenvalue weighted by Crippen LogP contribution is -3.15. The fourth-order valence-corrected chi connectivity index (χ4v) is 3.74. The minimum absolute atomic E-state index is 0.390. The molecule has 0 spiro atoms. The van der Waals surface area contributed by atoms with Gasteiger partial charge in [0.15, 0.2) is 0 Å². The zero-order valence-electron chi connectivity index (χ0n) is 13.4. The molecule has 1 aromatic rings. The van der Waals surface area contributed by atoms with Crippen molar-refractivity contribution < 1.29 is 14.4 Å². The van der Waals surface area contributed by atoms with Crippen molar-refractivity contribution in [2.75, 3.05) is 26.2 Å². The highest BCUT2D eigenvalue weighted by molar-refractivity contribution is 5.38. The number of hydrogen-bond donors (Lipinski definition) is 1. The van der Waals surface area contributed by atoms with Crippen LogP contribution in [0.1, 0.15) is 37.8 Å². The van der Waals surface area contributed by atoms with Gasteiger partial charge >= 0.3 is 0 Å².